The molecule has 6 heteroatoms. The molecule has 25 heavy (non-hydrogen) atoms. The maximum absolute atomic E-state index is 12.7. The van der Waals surface area contributed by atoms with E-state index in [0.717, 1.165) is 34.1 Å². The number of benzene rings is 1. The highest BCUT2D eigenvalue weighted by atomic mass is 127. The number of rotatable bonds is 2. The molecule has 2 aliphatic carbocycles. The molecule has 3 atom stereocenters. The number of likely N-dealkylation sites (tertiary alicyclic amines) is 1. The summed E-state index contributed by atoms with van der Waals surface area (Å²) in [6.45, 7) is 0.914. The molecular weight excluding hydrogens is 433 g/mol. The molecule has 1 aromatic carbocycles. The molecule has 0 spiro atoms. The second kappa shape index (κ2) is 5.87. The number of Topliss-reactive ketones (excluding diaryl/α,β-unsaturated/α-hetero) is 1. The van der Waals surface area contributed by atoms with Crippen LogP contribution in [0.5, 0.6) is 11.5 Å². The van der Waals surface area contributed by atoms with E-state index in [9.17, 15) is 9.90 Å². The first kappa shape index (κ1) is 17.1. The third kappa shape index (κ3) is 2.26. The van der Waals surface area contributed by atoms with Gasteiger partial charge in [0.25, 0.3) is 0 Å². The van der Waals surface area contributed by atoms with Gasteiger partial charge in [-0.3, -0.25) is 4.79 Å². The monoisotopic (exact) mass is 455 g/mol. The third-order valence-corrected chi connectivity index (χ3v) is 7.24. The predicted molar refractivity (Wildman–Crippen MR) is 102 cm³/mol. The van der Waals surface area contributed by atoms with Gasteiger partial charge < -0.3 is 19.5 Å². The van der Waals surface area contributed by atoms with Crippen molar-refractivity contribution in [1.82, 2.24) is 4.90 Å². The molecule has 1 aromatic rings. The SMILES string of the molecule is COC1=C[C@@H]2[C@@H]3Cc4c(I)cc(OC)c(O)c4[C@]2(CCN3C)CC1=O. The molecule has 5 nitrogen and oxygen atoms in total. The van der Waals surface area contributed by atoms with E-state index in [1.807, 2.05) is 12.1 Å². The van der Waals surface area contributed by atoms with Crippen molar-refractivity contribution in [3.8, 4) is 11.5 Å². The van der Waals surface area contributed by atoms with E-state index in [-0.39, 0.29) is 22.9 Å². The first-order valence-corrected chi connectivity index (χ1v) is 9.59. The van der Waals surface area contributed by atoms with Gasteiger partial charge in [-0.2, -0.15) is 0 Å². The van der Waals surface area contributed by atoms with E-state index >= 15 is 0 Å². The number of halogens is 1. The number of allylic oxidation sites excluding steroid dienone is 1. The minimum atomic E-state index is -0.373. The Hall–Kier alpha value is -1.28. The number of fused-ring (bicyclic) bond motifs is 1. The van der Waals surface area contributed by atoms with Gasteiger partial charge in [0.05, 0.1) is 14.2 Å². The molecule has 0 aromatic heterocycles. The lowest BCUT2D eigenvalue weighted by Gasteiger charge is -2.56. The van der Waals surface area contributed by atoms with Gasteiger partial charge in [0.2, 0.25) is 0 Å². The van der Waals surface area contributed by atoms with Gasteiger partial charge >= 0.3 is 0 Å². The third-order valence-electron chi connectivity index (χ3n) is 6.28. The second-order valence-electron chi connectivity index (χ2n) is 7.28. The van der Waals surface area contributed by atoms with Crippen LogP contribution in [0.3, 0.4) is 0 Å². The summed E-state index contributed by atoms with van der Waals surface area (Å²) >= 11 is 2.32. The van der Waals surface area contributed by atoms with Crippen molar-refractivity contribution in [3.63, 3.8) is 0 Å². The summed E-state index contributed by atoms with van der Waals surface area (Å²) in [5, 5.41) is 11.0. The van der Waals surface area contributed by atoms with Gasteiger partial charge in [0.1, 0.15) is 0 Å². The average molecular weight is 455 g/mol. The van der Waals surface area contributed by atoms with Crippen molar-refractivity contribution in [1.29, 1.82) is 0 Å². The van der Waals surface area contributed by atoms with E-state index in [0.29, 0.717) is 24.0 Å². The Balaban J connectivity index is 2.01. The molecule has 4 rings (SSSR count). The molecule has 1 saturated heterocycles. The zero-order valence-corrected chi connectivity index (χ0v) is 16.8. The van der Waals surface area contributed by atoms with Crippen LogP contribution in [-0.2, 0) is 21.4 Å². The lowest BCUT2D eigenvalue weighted by molar-refractivity contribution is -0.122. The lowest BCUT2D eigenvalue weighted by Crippen LogP contribution is -2.60. The molecule has 1 heterocycles. The quantitative estimate of drug-likeness (QED) is 0.696. The first-order valence-electron chi connectivity index (χ1n) is 8.51. The minimum Gasteiger partial charge on any atom is -0.504 e. The van der Waals surface area contributed by atoms with Crippen LogP contribution in [-0.4, -0.2) is 49.6 Å². The number of phenolic OH excluding ortho intramolecular Hbond substituents is 1. The normalized spacial score (nSPS) is 31.0. The molecule has 1 N–H and O–H groups in total. The Labute approximate surface area is 161 Å². The fourth-order valence-corrected chi connectivity index (χ4v) is 5.83. The fraction of sp³-hybridized carbons (Fsp3) is 0.526. The van der Waals surface area contributed by atoms with Crippen LogP contribution >= 0.6 is 22.6 Å². The van der Waals surface area contributed by atoms with Crippen molar-refractivity contribution < 1.29 is 19.4 Å². The summed E-state index contributed by atoms with van der Waals surface area (Å²) in [5.41, 5.74) is 1.71. The van der Waals surface area contributed by atoms with Gasteiger partial charge in [-0.25, -0.2) is 0 Å². The molecule has 0 unspecified atom stereocenters. The van der Waals surface area contributed by atoms with Gasteiger partial charge in [-0.1, -0.05) is 0 Å². The number of piperidine rings is 1. The zero-order chi connectivity index (χ0) is 17.9. The zero-order valence-electron chi connectivity index (χ0n) is 14.6. The topological polar surface area (TPSA) is 59.0 Å². The number of aromatic hydroxyl groups is 1. The van der Waals surface area contributed by atoms with Gasteiger partial charge in [-0.15, -0.1) is 0 Å². The van der Waals surface area contributed by atoms with Crippen molar-refractivity contribution in [3.05, 3.63) is 32.6 Å². The molecule has 1 aliphatic heterocycles. The van der Waals surface area contributed by atoms with Gasteiger partial charge in [0, 0.05) is 32.9 Å². The number of carbonyl (C=O) groups excluding carboxylic acids is 1. The molecule has 0 radical (unpaired) electrons. The molecule has 0 amide bonds. The lowest BCUT2D eigenvalue weighted by atomic mass is 9.53. The van der Waals surface area contributed by atoms with Crippen LogP contribution in [0.25, 0.3) is 0 Å². The molecule has 0 saturated carbocycles. The van der Waals surface area contributed by atoms with Crippen LogP contribution in [0.15, 0.2) is 17.9 Å². The summed E-state index contributed by atoms with van der Waals surface area (Å²) < 4.78 is 11.8. The number of phenols is 1. The smallest absolute Gasteiger partial charge is 0.197 e. The highest BCUT2D eigenvalue weighted by Crippen LogP contribution is 2.58. The number of likely N-dealkylation sites (N-methyl/N-ethyl adjacent to an activating group) is 1. The van der Waals surface area contributed by atoms with Crippen molar-refractivity contribution >= 4 is 28.4 Å². The Bertz CT molecular complexity index is 790. The fourth-order valence-electron chi connectivity index (χ4n) is 5.06. The summed E-state index contributed by atoms with van der Waals surface area (Å²) in [6, 6.07) is 2.20. The number of hydrogen-bond donors (Lipinski definition) is 1. The molecule has 1 fully saturated rings. The Morgan fingerprint density at radius 2 is 2.12 bits per heavy atom. The van der Waals surface area contributed by atoms with Gasteiger partial charge in [0.15, 0.2) is 23.0 Å². The van der Waals surface area contributed by atoms with Gasteiger partial charge in [-0.05, 0) is 66.7 Å². The number of carbonyl (C=O) groups is 1. The highest BCUT2D eigenvalue weighted by molar-refractivity contribution is 14.1. The number of ether oxygens (including phenoxy) is 2. The summed E-state index contributed by atoms with van der Waals surface area (Å²) in [4.78, 5) is 15.1. The van der Waals surface area contributed by atoms with E-state index in [1.165, 1.54) is 0 Å². The Morgan fingerprint density at radius 3 is 2.80 bits per heavy atom. The second-order valence-corrected chi connectivity index (χ2v) is 8.44. The predicted octanol–water partition coefficient (Wildman–Crippen LogP) is 2.62. The number of hydrogen-bond acceptors (Lipinski definition) is 5. The number of ketones is 1. The highest BCUT2D eigenvalue weighted by Gasteiger charge is 2.57. The molecular formula is C19H22INO4. The van der Waals surface area contributed by atoms with E-state index in [2.05, 4.69) is 34.5 Å². The minimum absolute atomic E-state index is 0.0205. The first-order chi connectivity index (χ1) is 11.9. The number of methoxy groups -OCH3 is 2. The molecule has 3 aliphatic rings. The van der Waals surface area contributed by atoms with Crippen LogP contribution in [0.4, 0.5) is 0 Å². The summed E-state index contributed by atoms with van der Waals surface area (Å²) in [6.07, 6.45) is 4.08. The van der Waals surface area contributed by atoms with Crippen molar-refractivity contribution in [2.24, 2.45) is 5.92 Å². The van der Waals surface area contributed by atoms with E-state index in [1.54, 1.807) is 14.2 Å². The Morgan fingerprint density at radius 1 is 1.36 bits per heavy atom. The largest absolute Gasteiger partial charge is 0.504 e. The van der Waals surface area contributed by atoms with Crippen LogP contribution < -0.4 is 4.74 Å². The number of nitrogens with zero attached hydrogens (tertiary/aromatic N) is 1. The standard InChI is InChI=1S/C19H22INO4/c1-21-5-4-19-9-14(22)15(24-2)7-11(19)13(21)6-10-12(20)8-16(25-3)18(23)17(10)19/h7-8,11,13,23H,4-6,9H2,1-3H3/t11-,13+,19-/m1/s1. The maximum atomic E-state index is 12.7. The van der Waals surface area contributed by atoms with E-state index < -0.39 is 0 Å². The Kier molecular flexibility index (Phi) is 4.03. The van der Waals surface area contributed by atoms with Crippen LogP contribution in [0.1, 0.15) is 24.0 Å². The van der Waals surface area contributed by atoms with Crippen molar-refractivity contribution in [2.45, 2.75) is 30.7 Å². The summed E-state index contributed by atoms with van der Waals surface area (Å²) in [5.74, 6) is 1.32. The summed E-state index contributed by atoms with van der Waals surface area (Å²) in [7, 11) is 5.27. The average Bonchev–Trinajstić information content (AvgIpc) is 2.59. The van der Waals surface area contributed by atoms with Crippen molar-refractivity contribution in [2.75, 3.05) is 27.8 Å². The molecule has 134 valence electrons. The van der Waals surface area contributed by atoms with Crippen LogP contribution in [0, 0.1) is 9.49 Å². The van der Waals surface area contributed by atoms with E-state index in [4.69, 9.17) is 9.47 Å². The molecule has 2 bridgehead atoms. The maximum Gasteiger partial charge on any atom is 0.197 e. The van der Waals surface area contributed by atoms with Crippen LogP contribution in [0.2, 0.25) is 0 Å².